The Hall–Kier alpha value is -1.57. The number of carbonyl (C=O) groups is 4. The first-order valence-corrected chi connectivity index (χ1v) is 6.10. The van der Waals surface area contributed by atoms with Gasteiger partial charge in [-0.15, -0.1) is 0 Å². The van der Waals surface area contributed by atoms with Gasteiger partial charge in [-0.05, 0) is 0 Å². The molecule has 0 bridgehead atoms. The zero-order valence-electron chi connectivity index (χ0n) is 9.66. The van der Waals surface area contributed by atoms with Crippen molar-refractivity contribution in [1.29, 1.82) is 0 Å². The lowest BCUT2D eigenvalue weighted by molar-refractivity contribution is -0.153. The number of carbonyl (C=O) groups excluding carboxylic acids is 2. The number of aliphatic carboxylic acids is 2. The van der Waals surface area contributed by atoms with Crippen LogP contribution in [0.5, 0.6) is 0 Å². The second-order valence-corrected chi connectivity index (χ2v) is 5.41. The van der Waals surface area contributed by atoms with Crippen molar-refractivity contribution in [3.05, 3.63) is 0 Å². The second kappa shape index (κ2) is 5.85. The molecule has 1 heterocycles. The van der Waals surface area contributed by atoms with E-state index in [1.807, 2.05) is 0 Å². The molecule has 1 unspecified atom stereocenters. The summed E-state index contributed by atoms with van der Waals surface area (Å²) >= 11 is 0.976. The lowest BCUT2D eigenvalue weighted by atomic mass is 10.2. The predicted molar refractivity (Wildman–Crippen MR) is 62.1 cm³/mol. The normalized spacial score (nSPS) is 20.8. The van der Waals surface area contributed by atoms with Crippen molar-refractivity contribution in [3.8, 4) is 0 Å². The van der Waals surface area contributed by atoms with E-state index in [0.717, 1.165) is 16.7 Å². The van der Waals surface area contributed by atoms with E-state index < -0.39 is 30.3 Å². The molecule has 2 N–H and O–H groups in total. The molecular weight excluding hydrogens is 262 g/mol. The van der Waals surface area contributed by atoms with Crippen LogP contribution in [0.1, 0.15) is 19.8 Å². The third kappa shape index (κ3) is 3.73. The predicted octanol–water partition coefficient (Wildman–Crippen LogP) is -0.205. The molecule has 18 heavy (non-hydrogen) atoms. The minimum absolute atomic E-state index is 0.0631. The number of hydrogen-bond acceptors (Lipinski definition) is 5. The highest BCUT2D eigenvalue weighted by atomic mass is 32.2. The summed E-state index contributed by atoms with van der Waals surface area (Å²) in [7, 11) is 0. The summed E-state index contributed by atoms with van der Waals surface area (Å²) in [6, 6.07) is -1.37. The lowest BCUT2D eigenvalue weighted by Gasteiger charge is -2.23. The minimum atomic E-state index is -1.37. The van der Waals surface area contributed by atoms with E-state index in [-0.39, 0.29) is 23.3 Å². The van der Waals surface area contributed by atoms with E-state index >= 15 is 0 Å². The van der Waals surface area contributed by atoms with Gasteiger partial charge in [-0.3, -0.25) is 14.4 Å². The summed E-state index contributed by atoms with van der Waals surface area (Å²) in [5, 5.41) is 17.1. The van der Waals surface area contributed by atoms with E-state index in [9.17, 15) is 19.2 Å². The Kier molecular flexibility index (Phi) is 4.71. The van der Waals surface area contributed by atoms with Gasteiger partial charge in [-0.25, -0.2) is 4.79 Å². The average Bonchev–Trinajstić information content (AvgIpc) is 2.54. The number of nitrogens with zero attached hydrogens (tertiary/aromatic N) is 1. The number of thioether (sulfide) groups is 1. The summed E-state index contributed by atoms with van der Waals surface area (Å²) in [5.41, 5.74) is 0. The third-order valence-corrected chi connectivity index (χ3v) is 3.47. The fourth-order valence-electron chi connectivity index (χ4n) is 1.81. The van der Waals surface area contributed by atoms with Crippen LogP contribution in [-0.2, 0) is 19.2 Å². The highest BCUT2D eigenvalue weighted by Crippen LogP contribution is 2.26. The van der Waals surface area contributed by atoms with E-state index in [0.29, 0.717) is 0 Å². The molecule has 7 nitrogen and oxygen atoms in total. The molecule has 0 radical (unpaired) electrons. The number of carboxylic acid groups (broad SMARTS) is 2. The summed E-state index contributed by atoms with van der Waals surface area (Å²) in [6.45, 7) is 1.46. The van der Waals surface area contributed by atoms with Crippen molar-refractivity contribution < 1.29 is 29.4 Å². The lowest BCUT2D eigenvalue weighted by Crippen LogP contribution is -2.43. The SMILES string of the molecule is CC(=O)SC1CC(=O)N([C@@H](CC(=O)O)C(=O)O)C1. The molecule has 1 aliphatic heterocycles. The van der Waals surface area contributed by atoms with E-state index in [1.165, 1.54) is 6.92 Å². The van der Waals surface area contributed by atoms with Gasteiger partial charge >= 0.3 is 11.9 Å². The maximum Gasteiger partial charge on any atom is 0.327 e. The molecule has 8 heteroatoms. The maximum absolute atomic E-state index is 11.6. The largest absolute Gasteiger partial charge is 0.481 e. The zero-order valence-corrected chi connectivity index (χ0v) is 10.5. The molecule has 1 amide bonds. The molecule has 0 aromatic carbocycles. The second-order valence-electron chi connectivity index (χ2n) is 3.93. The van der Waals surface area contributed by atoms with Crippen LogP contribution in [0.3, 0.4) is 0 Å². The number of hydrogen-bond donors (Lipinski definition) is 2. The van der Waals surface area contributed by atoms with E-state index in [2.05, 4.69) is 0 Å². The third-order valence-electron chi connectivity index (χ3n) is 2.48. The van der Waals surface area contributed by atoms with Crippen LogP contribution in [0.25, 0.3) is 0 Å². The Morgan fingerprint density at radius 1 is 1.44 bits per heavy atom. The van der Waals surface area contributed by atoms with Crippen molar-refractivity contribution in [2.24, 2.45) is 0 Å². The Morgan fingerprint density at radius 3 is 2.50 bits per heavy atom. The minimum Gasteiger partial charge on any atom is -0.481 e. The Morgan fingerprint density at radius 2 is 2.06 bits per heavy atom. The van der Waals surface area contributed by atoms with Gasteiger partial charge in [0.15, 0.2) is 5.12 Å². The highest BCUT2D eigenvalue weighted by molar-refractivity contribution is 8.14. The number of carboxylic acids is 2. The van der Waals surface area contributed by atoms with Crippen molar-refractivity contribution in [2.75, 3.05) is 6.54 Å². The molecule has 1 saturated heterocycles. The standard InChI is InChI=1S/C10H13NO6S/c1-5(12)18-6-2-8(13)11(4-6)7(10(16)17)3-9(14)15/h6-7H,2-4H2,1H3,(H,14,15)(H,16,17)/t6?,7-/m0/s1. The zero-order chi connectivity index (χ0) is 13.9. The van der Waals surface area contributed by atoms with Gasteiger partial charge in [-0.1, -0.05) is 11.8 Å². The number of likely N-dealkylation sites (tertiary alicyclic amines) is 1. The molecular formula is C10H13NO6S. The molecule has 0 spiro atoms. The van der Waals surface area contributed by atoms with Crippen LogP contribution in [-0.4, -0.2) is 55.9 Å². The topological polar surface area (TPSA) is 112 Å². The van der Waals surface area contributed by atoms with Crippen LogP contribution in [0.2, 0.25) is 0 Å². The van der Waals surface area contributed by atoms with Gasteiger partial charge in [-0.2, -0.15) is 0 Å². The van der Waals surface area contributed by atoms with Gasteiger partial charge in [0.2, 0.25) is 5.91 Å². The van der Waals surface area contributed by atoms with Crippen LogP contribution in [0.4, 0.5) is 0 Å². The molecule has 0 aromatic heterocycles. The first kappa shape index (κ1) is 14.5. The molecule has 100 valence electrons. The molecule has 0 saturated carbocycles. The Balaban J connectivity index is 2.74. The smallest absolute Gasteiger partial charge is 0.327 e. The van der Waals surface area contributed by atoms with Gasteiger partial charge in [0.1, 0.15) is 6.04 Å². The Labute approximate surface area is 107 Å². The highest BCUT2D eigenvalue weighted by Gasteiger charge is 2.39. The van der Waals surface area contributed by atoms with Crippen LogP contribution in [0, 0.1) is 0 Å². The first-order chi connectivity index (χ1) is 8.31. The van der Waals surface area contributed by atoms with Gasteiger partial charge in [0.25, 0.3) is 0 Å². The molecule has 1 fully saturated rings. The summed E-state index contributed by atoms with van der Waals surface area (Å²) in [5.74, 6) is -3.06. The average molecular weight is 275 g/mol. The van der Waals surface area contributed by atoms with Gasteiger partial charge in [0.05, 0.1) is 6.42 Å². The van der Waals surface area contributed by atoms with Crippen molar-refractivity contribution >= 4 is 34.7 Å². The van der Waals surface area contributed by atoms with E-state index in [4.69, 9.17) is 10.2 Å². The number of rotatable bonds is 5. The first-order valence-electron chi connectivity index (χ1n) is 5.22. The molecule has 1 rings (SSSR count). The van der Waals surface area contributed by atoms with Gasteiger partial charge in [0, 0.05) is 25.1 Å². The van der Waals surface area contributed by atoms with Crippen LogP contribution >= 0.6 is 11.8 Å². The molecule has 2 atom stereocenters. The van der Waals surface area contributed by atoms with Crippen LogP contribution < -0.4 is 0 Å². The fraction of sp³-hybridized carbons (Fsp3) is 0.600. The number of amides is 1. The maximum atomic E-state index is 11.6. The van der Waals surface area contributed by atoms with Crippen molar-refractivity contribution in [2.45, 2.75) is 31.1 Å². The summed E-state index contributed by atoms with van der Waals surface area (Å²) in [4.78, 5) is 45.1. The Bertz CT molecular complexity index is 396. The molecule has 0 aromatic rings. The summed E-state index contributed by atoms with van der Waals surface area (Å²) in [6.07, 6.45) is -0.577. The van der Waals surface area contributed by atoms with Crippen molar-refractivity contribution in [3.63, 3.8) is 0 Å². The molecule has 0 aliphatic carbocycles. The molecule has 1 aliphatic rings. The van der Waals surface area contributed by atoms with Gasteiger partial charge < -0.3 is 15.1 Å². The summed E-state index contributed by atoms with van der Waals surface area (Å²) < 4.78 is 0. The van der Waals surface area contributed by atoms with Crippen LogP contribution in [0.15, 0.2) is 0 Å². The van der Waals surface area contributed by atoms with Crippen molar-refractivity contribution in [1.82, 2.24) is 4.90 Å². The quantitative estimate of drug-likeness (QED) is 0.714. The van der Waals surface area contributed by atoms with E-state index in [1.54, 1.807) is 0 Å². The monoisotopic (exact) mass is 275 g/mol. The fourth-order valence-corrected chi connectivity index (χ4v) is 2.74.